The van der Waals surface area contributed by atoms with Crippen LogP contribution >= 0.6 is 35.7 Å². The second kappa shape index (κ2) is 9.54. The molecule has 0 radical (unpaired) electrons. The normalized spacial score (nSPS) is 24.7. The third-order valence-electron chi connectivity index (χ3n) is 4.19. The minimum atomic E-state index is -0.150. The Morgan fingerprint density at radius 2 is 2.23 bits per heavy atom. The van der Waals surface area contributed by atoms with Gasteiger partial charge in [-0.1, -0.05) is 13.8 Å². The molecule has 0 spiro atoms. The zero-order valence-corrected chi connectivity index (χ0v) is 17.0. The van der Waals surface area contributed by atoms with Crippen molar-refractivity contribution in [3.63, 3.8) is 0 Å². The van der Waals surface area contributed by atoms with Crippen LogP contribution in [0.4, 0.5) is 0 Å². The maximum atomic E-state index is 9.52. The molecule has 130 valence electrons. The van der Waals surface area contributed by atoms with Crippen LogP contribution in [0.3, 0.4) is 0 Å². The first-order valence-electron chi connectivity index (χ1n) is 7.94. The molecule has 7 heteroatoms. The molecule has 2 heterocycles. The predicted molar refractivity (Wildman–Crippen MR) is 104 cm³/mol. The number of halogens is 1. The summed E-state index contributed by atoms with van der Waals surface area (Å²) in [5.74, 6) is 2.83. The van der Waals surface area contributed by atoms with Crippen LogP contribution in [0.1, 0.15) is 20.8 Å². The number of nitrogens with one attached hydrogen (secondary N) is 1. The number of guanidine groups is 1. The largest absolute Gasteiger partial charge is 0.396 e. The number of hydrogen-bond donors (Lipinski definition) is 2. The van der Waals surface area contributed by atoms with E-state index in [1.165, 1.54) is 0 Å². The van der Waals surface area contributed by atoms with Crippen molar-refractivity contribution in [2.75, 3.05) is 51.8 Å². The van der Waals surface area contributed by atoms with E-state index in [9.17, 15) is 5.11 Å². The highest BCUT2D eigenvalue weighted by Crippen LogP contribution is 2.28. The van der Waals surface area contributed by atoms with E-state index in [0.29, 0.717) is 30.9 Å². The van der Waals surface area contributed by atoms with E-state index in [1.807, 2.05) is 0 Å². The summed E-state index contributed by atoms with van der Waals surface area (Å²) in [7, 11) is 0. The van der Waals surface area contributed by atoms with Crippen molar-refractivity contribution in [2.24, 2.45) is 16.3 Å². The Morgan fingerprint density at radius 3 is 2.73 bits per heavy atom. The molecule has 1 atom stereocenters. The standard InChI is InChI=1S/C15H29N3O2S.HI/c1-4-16-14(17-8-15(9-19)10-20-11-15)18-5-6-21-13(7-18)12(2)3;/h12-13,19H,4-11H2,1-3H3,(H,16,17);1H. The molecule has 0 saturated carbocycles. The van der Waals surface area contributed by atoms with Crippen molar-refractivity contribution in [2.45, 2.75) is 26.0 Å². The second-order valence-corrected chi connectivity index (χ2v) is 7.77. The molecule has 2 fully saturated rings. The average Bonchev–Trinajstić information content (AvgIpc) is 2.45. The number of aliphatic imine (C=N–C) groups is 1. The summed E-state index contributed by atoms with van der Waals surface area (Å²) in [6.45, 7) is 11.7. The molecule has 2 saturated heterocycles. The second-order valence-electron chi connectivity index (χ2n) is 6.42. The van der Waals surface area contributed by atoms with Gasteiger partial charge in [-0.15, -0.1) is 24.0 Å². The zero-order valence-electron chi connectivity index (χ0n) is 13.9. The van der Waals surface area contributed by atoms with Gasteiger partial charge in [0.1, 0.15) is 0 Å². The molecule has 2 aliphatic heterocycles. The van der Waals surface area contributed by atoms with Gasteiger partial charge < -0.3 is 20.1 Å². The fraction of sp³-hybridized carbons (Fsp3) is 0.933. The molecule has 2 N–H and O–H groups in total. The van der Waals surface area contributed by atoms with Gasteiger partial charge in [0.05, 0.1) is 31.8 Å². The Hall–Kier alpha value is 0.270. The Morgan fingerprint density at radius 1 is 1.50 bits per heavy atom. The summed E-state index contributed by atoms with van der Waals surface area (Å²) >= 11 is 2.07. The smallest absolute Gasteiger partial charge is 0.194 e. The fourth-order valence-corrected chi connectivity index (χ4v) is 3.86. The van der Waals surface area contributed by atoms with Crippen LogP contribution in [0.2, 0.25) is 0 Å². The molecule has 0 aromatic rings. The van der Waals surface area contributed by atoms with Crippen molar-refractivity contribution in [1.82, 2.24) is 10.2 Å². The van der Waals surface area contributed by atoms with Crippen molar-refractivity contribution < 1.29 is 9.84 Å². The van der Waals surface area contributed by atoms with E-state index < -0.39 is 0 Å². The summed E-state index contributed by atoms with van der Waals surface area (Å²) in [6.07, 6.45) is 0. The number of rotatable bonds is 5. The third kappa shape index (κ3) is 5.14. The summed E-state index contributed by atoms with van der Waals surface area (Å²) in [5, 5.41) is 13.6. The lowest BCUT2D eigenvalue weighted by Crippen LogP contribution is -2.51. The summed E-state index contributed by atoms with van der Waals surface area (Å²) in [5.41, 5.74) is -0.150. The maximum absolute atomic E-state index is 9.52. The minimum Gasteiger partial charge on any atom is -0.396 e. The summed E-state index contributed by atoms with van der Waals surface area (Å²) < 4.78 is 5.25. The summed E-state index contributed by atoms with van der Waals surface area (Å²) in [6, 6.07) is 0. The number of ether oxygens (including phenoxy) is 1. The molecule has 0 bridgehead atoms. The number of thioether (sulfide) groups is 1. The van der Waals surface area contributed by atoms with Gasteiger partial charge in [0.25, 0.3) is 0 Å². The van der Waals surface area contributed by atoms with Crippen LogP contribution < -0.4 is 5.32 Å². The van der Waals surface area contributed by atoms with Gasteiger partial charge in [0, 0.05) is 30.6 Å². The number of nitrogens with zero attached hydrogens (tertiary/aromatic N) is 2. The van der Waals surface area contributed by atoms with Crippen LogP contribution in [-0.2, 0) is 4.74 Å². The van der Waals surface area contributed by atoms with Crippen molar-refractivity contribution in [3.8, 4) is 0 Å². The monoisotopic (exact) mass is 443 g/mol. The van der Waals surface area contributed by atoms with Crippen molar-refractivity contribution in [1.29, 1.82) is 0 Å². The van der Waals surface area contributed by atoms with E-state index in [1.54, 1.807) is 0 Å². The zero-order chi connectivity index (χ0) is 15.3. The predicted octanol–water partition coefficient (Wildman–Crippen LogP) is 1.65. The first-order valence-corrected chi connectivity index (χ1v) is 8.98. The van der Waals surface area contributed by atoms with Crippen LogP contribution in [0.25, 0.3) is 0 Å². The lowest BCUT2D eigenvalue weighted by atomic mass is 9.87. The Kier molecular flexibility index (Phi) is 8.81. The van der Waals surface area contributed by atoms with Gasteiger partial charge >= 0.3 is 0 Å². The quantitative estimate of drug-likeness (QED) is 0.385. The maximum Gasteiger partial charge on any atom is 0.194 e. The fourth-order valence-electron chi connectivity index (χ4n) is 2.56. The summed E-state index contributed by atoms with van der Waals surface area (Å²) in [4.78, 5) is 7.15. The average molecular weight is 443 g/mol. The molecule has 1 unspecified atom stereocenters. The van der Waals surface area contributed by atoms with Crippen molar-refractivity contribution >= 4 is 41.7 Å². The molecular formula is C15H30IN3O2S. The number of aliphatic hydroxyl groups is 1. The van der Waals surface area contributed by atoms with Crippen LogP contribution in [0.5, 0.6) is 0 Å². The van der Waals surface area contributed by atoms with E-state index in [4.69, 9.17) is 9.73 Å². The van der Waals surface area contributed by atoms with Gasteiger partial charge in [0.2, 0.25) is 0 Å². The van der Waals surface area contributed by atoms with Gasteiger partial charge in [-0.3, -0.25) is 4.99 Å². The lowest BCUT2D eigenvalue weighted by Gasteiger charge is -2.40. The molecule has 0 aromatic carbocycles. The van der Waals surface area contributed by atoms with Gasteiger partial charge in [-0.25, -0.2) is 0 Å². The first kappa shape index (κ1) is 20.3. The van der Waals surface area contributed by atoms with Crippen LogP contribution in [0.15, 0.2) is 4.99 Å². The van der Waals surface area contributed by atoms with Crippen LogP contribution in [-0.4, -0.2) is 73.0 Å². The Labute approximate surface area is 155 Å². The molecule has 0 amide bonds. The molecule has 2 rings (SSSR count). The molecule has 5 nitrogen and oxygen atoms in total. The van der Waals surface area contributed by atoms with E-state index in [-0.39, 0.29) is 36.0 Å². The van der Waals surface area contributed by atoms with Crippen LogP contribution in [0, 0.1) is 11.3 Å². The first-order chi connectivity index (χ1) is 10.1. The van der Waals surface area contributed by atoms with Gasteiger partial charge in [0.15, 0.2) is 5.96 Å². The number of aliphatic hydroxyl groups excluding tert-OH is 1. The topological polar surface area (TPSA) is 57.1 Å². The van der Waals surface area contributed by atoms with E-state index in [2.05, 4.69) is 42.7 Å². The van der Waals surface area contributed by atoms with E-state index in [0.717, 1.165) is 31.3 Å². The highest BCUT2D eigenvalue weighted by molar-refractivity contribution is 14.0. The SMILES string of the molecule is CCNC(=NCC1(CO)COC1)N1CCSC(C(C)C)C1.I. The third-order valence-corrected chi connectivity index (χ3v) is 5.73. The van der Waals surface area contributed by atoms with Crippen molar-refractivity contribution in [3.05, 3.63) is 0 Å². The highest BCUT2D eigenvalue weighted by Gasteiger charge is 2.38. The molecule has 2 aliphatic rings. The number of hydrogen-bond acceptors (Lipinski definition) is 4. The Balaban J connectivity index is 0.00000242. The highest BCUT2D eigenvalue weighted by atomic mass is 127. The van der Waals surface area contributed by atoms with Gasteiger partial charge in [-0.2, -0.15) is 11.8 Å². The molecular weight excluding hydrogens is 413 g/mol. The Bertz CT molecular complexity index is 359. The molecule has 22 heavy (non-hydrogen) atoms. The molecule has 0 aromatic heterocycles. The minimum absolute atomic E-state index is 0. The van der Waals surface area contributed by atoms with Gasteiger partial charge in [-0.05, 0) is 12.8 Å². The molecule has 0 aliphatic carbocycles. The lowest BCUT2D eigenvalue weighted by molar-refractivity contribution is -0.130. The van der Waals surface area contributed by atoms with E-state index >= 15 is 0 Å².